The molecule has 0 atom stereocenters. The fraction of sp³-hybridized carbons (Fsp3) is 0.150. The van der Waals surface area contributed by atoms with E-state index < -0.39 is 5.97 Å². The maximum absolute atomic E-state index is 12.5. The van der Waals surface area contributed by atoms with Crippen molar-refractivity contribution in [3.05, 3.63) is 64.6 Å². The zero-order chi connectivity index (χ0) is 19.8. The molecule has 0 spiro atoms. The number of hydrogen-bond acceptors (Lipinski definition) is 5. The van der Waals surface area contributed by atoms with Crippen molar-refractivity contribution in [2.24, 2.45) is 4.99 Å². The number of likely N-dealkylation sites (N-methyl/N-ethyl adjacent to an activating group) is 1. The van der Waals surface area contributed by atoms with E-state index in [0.717, 1.165) is 16.5 Å². The topological polar surface area (TPSA) is 88.0 Å². The smallest absolute Gasteiger partial charge is 0.371 e. The van der Waals surface area contributed by atoms with Crippen LogP contribution in [0.3, 0.4) is 0 Å². The van der Waals surface area contributed by atoms with Gasteiger partial charge in [0.15, 0.2) is 5.17 Å². The minimum atomic E-state index is -1.09. The van der Waals surface area contributed by atoms with Crippen LogP contribution in [0.1, 0.15) is 21.9 Å². The summed E-state index contributed by atoms with van der Waals surface area (Å²) < 4.78 is 7.36. The van der Waals surface area contributed by atoms with E-state index in [1.807, 2.05) is 41.1 Å². The number of carboxylic acids is 1. The molecule has 2 aromatic heterocycles. The third-order valence-corrected chi connectivity index (χ3v) is 5.65. The van der Waals surface area contributed by atoms with Gasteiger partial charge in [-0.15, -0.1) is 0 Å². The number of benzene rings is 1. The lowest BCUT2D eigenvalue weighted by atomic mass is 10.1. The Morgan fingerprint density at radius 2 is 2.07 bits per heavy atom. The number of aromatic carboxylic acids is 1. The Morgan fingerprint density at radius 3 is 2.75 bits per heavy atom. The minimum Gasteiger partial charge on any atom is -0.475 e. The number of carboxylic acid groups (broad SMARTS) is 1. The number of aromatic nitrogens is 1. The summed E-state index contributed by atoms with van der Waals surface area (Å²) in [6.45, 7) is 0.389. The second-order valence-electron chi connectivity index (χ2n) is 6.28. The number of fused-ring (bicyclic) bond motifs is 1. The number of furan rings is 1. The molecule has 0 radical (unpaired) electrons. The summed E-state index contributed by atoms with van der Waals surface area (Å²) in [5.41, 5.74) is 1.87. The monoisotopic (exact) mass is 395 g/mol. The highest BCUT2D eigenvalue weighted by molar-refractivity contribution is 8.18. The van der Waals surface area contributed by atoms with Gasteiger partial charge in [0.1, 0.15) is 5.76 Å². The highest BCUT2D eigenvalue weighted by Gasteiger charge is 2.30. The number of amides is 1. The maximum atomic E-state index is 12.5. The molecule has 0 aliphatic carbocycles. The molecule has 1 aromatic carbocycles. The molecule has 0 saturated carbocycles. The van der Waals surface area contributed by atoms with Crippen molar-refractivity contribution < 1.29 is 19.1 Å². The first-order valence-electron chi connectivity index (χ1n) is 8.52. The van der Waals surface area contributed by atoms with Crippen molar-refractivity contribution in [2.45, 2.75) is 6.54 Å². The number of carbonyl (C=O) groups is 2. The van der Waals surface area contributed by atoms with Crippen LogP contribution in [-0.2, 0) is 11.3 Å². The summed E-state index contributed by atoms with van der Waals surface area (Å²) in [6, 6.07) is 11.0. The van der Waals surface area contributed by atoms with Crippen LogP contribution in [0.4, 0.5) is 0 Å². The Labute approximate surface area is 165 Å². The summed E-state index contributed by atoms with van der Waals surface area (Å²) >= 11 is 1.34. The highest BCUT2D eigenvalue weighted by atomic mass is 32.2. The van der Waals surface area contributed by atoms with Gasteiger partial charge in [-0.2, -0.15) is 0 Å². The summed E-state index contributed by atoms with van der Waals surface area (Å²) in [5, 5.41) is 10.7. The first-order valence-corrected chi connectivity index (χ1v) is 9.34. The molecule has 7 nitrogen and oxygen atoms in total. The summed E-state index contributed by atoms with van der Waals surface area (Å²) in [5.74, 6) is -0.720. The molecule has 0 unspecified atom stereocenters. The van der Waals surface area contributed by atoms with Gasteiger partial charge in [0.25, 0.3) is 5.91 Å². The Kier molecular flexibility index (Phi) is 4.56. The van der Waals surface area contributed by atoms with Gasteiger partial charge < -0.3 is 14.1 Å². The molecule has 4 rings (SSSR count). The number of aliphatic imine (C=N–C) groups is 1. The second kappa shape index (κ2) is 7.05. The fourth-order valence-electron chi connectivity index (χ4n) is 3.16. The lowest BCUT2D eigenvalue weighted by Gasteiger charge is -2.04. The third-order valence-electron chi connectivity index (χ3n) is 4.50. The van der Waals surface area contributed by atoms with E-state index in [1.54, 1.807) is 20.2 Å². The first kappa shape index (κ1) is 18.1. The van der Waals surface area contributed by atoms with Crippen molar-refractivity contribution in [1.29, 1.82) is 0 Å². The van der Waals surface area contributed by atoms with Crippen LogP contribution in [0, 0.1) is 0 Å². The molecular formula is C20H17N3O4S. The van der Waals surface area contributed by atoms with Crippen LogP contribution in [0.2, 0.25) is 0 Å². The van der Waals surface area contributed by atoms with Crippen LogP contribution in [0.25, 0.3) is 17.0 Å². The Hall–Kier alpha value is -3.26. The van der Waals surface area contributed by atoms with Gasteiger partial charge >= 0.3 is 5.97 Å². The Morgan fingerprint density at radius 1 is 1.29 bits per heavy atom. The van der Waals surface area contributed by atoms with Crippen LogP contribution >= 0.6 is 11.8 Å². The molecule has 1 aliphatic heterocycles. The summed E-state index contributed by atoms with van der Waals surface area (Å²) in [6.07, 6.45) is 3.81. The summed E-state index contributed by atoms with van der Waals surface area (Å²) in [4.78, 5) is 29.8. The van der Waals surface area contributed by atoms with Crippen LogP contribution in [-0.4, -0.2) is 45.7 Å². The predicted molar refractivity (Wildman–Crippen MR) is 108 cm³/mol. The van der Waals surface area contributed by atoms with E-state index in [4.69, 9.17) is 9.52 Å². The number of thioether (sulfide) groups is 1. The molecule has 0 bridgehead atoms. The molecule has 1 fully saturated rings. The van der Waals surface area contributed by atoms with Crippen molar-refractivity contribution in [2.75, 3.05) is 14.1 Å². The van der Waals surface area contributed by atoms with E-state index in [1.165, 1.54) is 22.7 Å². The number of hydrogen-bond donors (Lipinski definition) is 1. The molecular weight excluding hydrogens is 378 g/mol. The van der Waals surface area contributed by atoms with E-state index in [-0.39, 0.29) is 11.7 Å². The fourth-order valence-corrected chi connectivity index (χ4v) is 4.08. The van der Waals surface area contributed by atoms with Gasteiger partial charge in [0, 0.05) is 36.8 Å². The lowest BCUT2D eigenvalue weighted by Crippen LogP contribution is -2.23. The Bertz CT molecular complexity index is 1160. The minimum absolute atomic E-state index is 0.0837. The van der Waals surface area contributed by atoms with E-state index in [9.17, 15) is 9.59 Å². The standard InChI is InChI=1S/C20H17N3O4S/c1-21-20-22(2)18(24)17(28-20)9-12-10-23(15-6-4-3-5-14(12)15)11-13-7-8-16(27-13)19(25)26/h3-10H,11H2,1-2H3,(H,25,26)/b17-9-,21-20?. The molecule has 1 amide bonds. The number of carbonyl (C=O) groups excluding carboxylic acids is 1. The third kappa shape index (κ3) is 3.11. The molecule has 8 heteroatoms. The van der Waals surface area contributed by atoms with Crippen molar-refractivity contribution >= 4 is 45.8 Å². The zero-order valence-electron chi connectivity index (χ0n) is 15.2. The van der Waals surface area contributed by atoms with Gasteiger partial charge in [0.2, 0.25) is 5.76 Å². The zero-order valence-corrected chi connectivity index (χ0v) is 16.1. The second-order valence-corrected chi connectivity index (χ2v) is 7.29. The molecule has 1 aliphatic rings. The van der Waals surface area contributed by atoms with Crippen molar-refractivity contribution in [1.82, 2.24) is 9.47 Å². The highest BCUT2D eigenvalue weighted by Crippen LogP contribution is 2.33. The summed E-state index contributed by atoms with van der Waals surface area (Å²) in [7, 11) is 3.37. The number of nitrogens with zero attached hydrogens (tertiary/aromatic N) is 3. The number of rotatable bonds is 4. The number of para-hydroxylation sites is 1. The predicted octanol–water partition coefficient (Wildman–Crippen LogP) is 3.51. The maximum Gasteiger partial charge on any atom is 0.371 e. The van der Waals surface area contributed by atoms with E-state index in [0.29, 0.717) is 22.4 Å². The van der Waals surface area contributed by atoms with E-state index >= 15 is 0 Å². The molecule has 28 heavy (non-hydrogen) atoms. The molecule has 3 heterocycles. The first-order chi connectivity index (χ1) is 13.5. The largest absolute Gasteiger partial charge is 0.475 e. The van der Waals surface area contributed by atoms with Gasteiger partial charge in [-0.1, -0.05) is 18.2 Å². The molecule has 1 N–H and O–H groups in total. The van der Waals surface area contributed by atoms with Gasteiger partial charge in [0.05, 0.1) is 11.4 Å². The average Bonchev–Trinajstić information content (AvgIpc) is 3.36. The van der Waals surface area contributed by atoms with Gasteiger partial charge in [-0.3, -0.25) is 14.7 Å². The molecule has 142 valence electrons. The molecule has 1 saturated heterocycles. The van der Waals surface area contributed by atoms with Gasteiger partial charge in [-0.05, 0) is 36.0 Å². The van der Waals surface area contributed by atoms with Gasteiger partial charge in [-0.25, -0.2) is 4.79 Å². The van der Waals surface area contributed by atoms with Crippen molar-refractivity contribution in [3.63, 3.8) is 0 Å². The SMILES string of the molecule is CN=C1S/C(=C\c2cn(Cc3ccc(C(=O)O)o3)c3ccccc23)C(=O)N1C. The average molecular weight is 395 g/mol. The van der Waals surface area contributed by atoms with Crippen molar-refractivity contribution in [3.8, 4) is 0 Å². The van der Waals surface area contributed by atoms with Crippen LogP contribution in [0.5, 0.6) is 0 Å². The Balaban J connectivity index is 1.74. The normalized spacial score (nSPS) is 17.4. The van der Waals surface area contributed by atoms with Crippen LogP contribution in [0.15, 0.2) is 56.9 Å². The van der Waals surface area contributed by atoms with Crippen LogP contribution < -0.4 is 0 Å². The quantitative estimate of drug-likeness (QED) is 0.683. The van der Waals surface area contributed by atoms with E-state index in [2.05, 4.69) is 4.99 Å². The lowest BCUT2D eigenvalue weighted by molar-refractivity contribution is -0.121. The molecule has 3 aromatic rings. The number of amidine groups is 1.